The Morgan fingerprint density at radius 2 is 0.193 bits per heavy atom. The monoisotopic (exact) mass is 1710 g/mol. The van der Waals surface area contributed by atoms with Crippen LogP contribution in [0.4, 0.5) is 0 Å². The van der Waals surface area contributed by atoms with Gasteiger partial charge in [0.15, 0.2) is 0 Å². The molecule has 0 amide bonds. The van der Waals surface area contributed by atoms with Crippen molar-refractivity contribution >= 4 is 83.6 Å². The summed E-state index contributed by atoms with van der Waals surface area (Å²) in [5.41, 5.74) is -9.97. The molecule has 0 aromatic rings. The molecule has 0 aliphatic heterocycles. The lowest BCUT2D eigenvalue weighted by atomic mass is 9.88. The Morgan fingerprint density at radius 1 is 0.126 bits per heavy atom. The molecule has 688 valence electrons. The second-order valence-corrected chi connectivity index (χ2v) is 31.2. The van der Waals surface area contributed by atoms with Crippen molar-refractivity contribution in [1.29, 1.82) is 0 Å². The van der Waals surface area contributed by atoms with E-state index in [-0.39, 0.29) is 89.9 Å². The molecule has 0 radical (unpaired) electrons. The number of ether oxygens (including phenoxy) is 19. The van der Waals surface area contributed by atoms with Crippen molar-refractivity contribution in [3.05, 3.63) is 0 Å². The lowest BCUT2D eigenvalue weighted by Gasteiger charge is -2.39. The summed E-state index contributed by atoms with van der Waals surface area (Å²) in [6, 6.07) is 0. The quantitative estimate of drug-likeness (QED) is 0.0403. The van der Waals surface area contributed by atoms with E-state index in [2.05, 4.69) is 0 Å². The van der Waals surface area contributed by atoms with Crippen molar-refractivity contribution in [2.45, 2.75) is 277 Å². The fourth-order valence-electron chi connectivity index (χ4n) is 11.1. The number of carbonyl (C=O) groups excluding carboxylic acids is 14. The third kappa shape index (κ3) is 51.7. The number of carbonyl (C=O) groups is 14. The fraction of sp³-hybridized carbons (Fsp3) is 0.837. The Kier molecular flexibility index (Phi) is 61.8. The molecule has 0 bridgehead atoms. The normalized spacial score (nSPS) is 11.8. The molecule has 33 heteroatoms. The molecule has 0 aromatic carbocycles. The lowest BCUT2D eigenvalue weighted by Crippen LogP contribution is -2.49. The summed E-state index contributed by atoms with van der Waals surface area (Å²) in [6.07, 6.45) is 5.10. The van der Waals surface area contributed by atoms with Gasteiger partial charge in [0.25, 0.3) is 0 Å². The van der Waals surface area contributed by atoms with E-state index < -0.39 is 275 Å². The summed E-state index contributed by atoms with van der Waals surface area (Å²) in [4.78, 5) is 187. The first-order valence-electron chi connectivity index (χ1n) is 43.0. The highest BCUT2D eigenvalue weighted by Gasteiger charge is 2.46. The van der Waals surface area contributed by atoms with Crippen molar-refractivity contribution in [3.8, 4) is 0 Å². The van der Waals surface area contributed by atoms with E-state index >= 15 is 0 Å². The van der Waals surface area contributed by atoms with E-state index in [0.29, 0.717) is 89.9 Å². The third-order valence-electron chi connectivity index (χ3n) is 18.0. The van der Waals surface area contributed by atoms with Gasteiger partial charge in [-0.25, -0.2) is 0 Å². The SMILES string of the molecule is CCCC(=O)OCC(COCC(COCC(COCC(COC(=O)CCC)(COC(=O)CCC)COC(=O)CCC)(COC(=O)CCC)COC(=O)CCC)(COC(=O)CCC)COC(=O)CCC)(COCC(COCC(COC(=O)CCC)(COC(=O)CCC)COC(=O)CCC)(COC(=O)CCC)COC(=O)CCC)COC(=O)CCC. The first kappa shape index (κ1) is 111. The smallest absolute Gasteiger partial charge is 0.305 e. The molecule has 0 saturated carbocycles. The van der Waals surface area contributed by atoms with Gasteiger partial charge in [-0.2, -0.15) is 0 Å². The summed E-state index contributed by atoms with van der Waals surface area (Å²) in [6.45, 7) is 12.1. The molecule has 0 fully saturated rings. The van der Waals surface area contributed by atoms with E-state index in [9.17, 15) is 67.1 Å². The lowest BCUT2D eigenvalue weighted by molar-refractivity contribution is -0.180. The Morgan fingerprint density at radius 3 is 0.261 bits per heavy atom. The van der Waals surface area contributed by atoms with Crippen molar-refractivity contribution in [2.75, 3.05) is 159 Å². The second-order valence-electron chi connectivity index (χ2n) is 31.2. The average molecular weight is 1710 g/mol. The van der Waals surface area contributed by atoms with E-state index in [4.69, 9.17) is 90.0 Å². The minimum Gasteiger partial charge on any atom is -0.465 e. The van der Waals surface area contributed by atoms with Crippen LogP contribution in [0.15, 0.2) is 0 Å². The van der Waals surface area contributed by atoms with Crippen LogP contribution in [-0.2, 0) is 157 Å². The van der Waals surface area contributed by atoms with Gasteiger partial charge >= 0.3 is 83.6 Å². The molecule has 0 heterocycles. The molecule has 0 saturated heterocycles. The first-order chi connectivity index (χ1) is 56.9. The molecule has 119 heavy (non-hydrogen) atoms. The number of hydrogen-bond acceptors (Lipinski definition) is 33. The molecular weight excluding hydrogens is 1560 g/mol. The summed E-state index contributed by atoms with van der Waals surface area (Å²) in [7, 11) is 0. The van der Waals surface area contributed by atoms with Crippen LogP contribution >= 0.6 is 0 Å². The van der Waals surface area contributed by atoms with Crippen LogP contribution in [0, 0.1) is 32.5 Å². The van der Waals surface area contributed by atoms with E-state index in [1.807, 2.05) is 0 Å². The van der Waals surface area contributed by atoms with Crippen LogP contribution in [-0.4, -0.2) is 242 Å². The van der Waals surface area contributed by atoms with E-state index in [1.165, 1.54) is 0 Å². The zero-order chi connectivity index (χ0) is 89.3. The predicted molar refractivity (Wildman–Crippen MR) is 431 cm³/mol. The first-order valence-corrected chi connectivity index (χ1v) is 43.0. The molecule has 0 aliphatic rings. The molecule has 33 nitrogen and oxygen atoms in total. The van der Waals surface area contributed by atoms with Gasteiger partial charge in [0.05, 0.1) is 98.6 Å². The number of esters is 14. The van der Waals surface area contributed by atoms with Gasteiger partial charge in [-0.1, -0.05) is 96.9 Å². The van der Waals surface area contributed by atoms with Gasteiger partial charge in [0.2, 0.25) is 0 Å². The molecule has 0 unspecified atom stereocenters. The number of rotatable bonds is 76. The third-order valence-corrected chi connectivity index (χ3v) is 18.0. The highest BCUT2D eigenvalue weighted by atomic mass is 16.6. The van der Waals surface area contributed by atoms with Crippen molar-refractivity contribution in [3.63, 3.8) is 0 Å². The van der Waals surface area contributed by atoms with Crippen molar-refractivity contribution in [2.24, 2.45) is 32.5 Å². The van der Waals surface area contributed by atoms with Gasteiger partial charge < -0.3 is 90.0 Å². The summed E-state index contributed by atoms with van der Waals surface area (Å²) in [5.74, 6) is -8.96. The van der Waals surface area contributed by atoms with Crippen LogP contribution < -0.4 is 0 Å². The van der Waals surface area contributed by atoms with E-state index in [1.54, 1.807) is 96.9 Å². The highest BCUT2D eigenvalue weighted by Crippen LogP contribution is 2.33. The molecule has 0 aliphatic carbocycles. The molecule has 0 aromatic heterocycles. The van der Waals surface area contributed by atoms with Crippen LogP contribution in [0.2, 0.25) is 0 Å². The van der Waals surface area contributed by atoms with Crippen LogP contribution in [0.1, 0.15) is 277 Å². The molecule has 0 spiro atoms. The highest BCUT2D eigenvalue weighted by molar-refractivity contribution is 5.74. The van der Waals surface area contributed by atoms with Crippen LogP contribution in [0.25, 0.3) is 0 Å². The van der Waals surface area contributed by atoms with Crippen LogP contribution in [0.5, 0.6) is 0 Å². The van der Waals surface area contributed by atoms with Gasteiger partial charge in [-0.3, -0.25) is 67.1 Å². The minimum absolute atomic E-state index is 0.0187. The van der Waals surface area contributed by atoms with Gasteiger partial charge in [0.1, 0.15) is 92.5 Å². The Balaban J connectivity index is 9.08. The summed E-state index contributed by atoms with van der Waals surface area (Å²) >= 11 is 0. The van der Waals surface area contributed by atoms with Gasteiger partial charge in [0, 0.05) is 89.9 Å². The predicted octanol–water partition coefficient (Wildman–Crippen LogP) is 11.8. The Labute approximate surface area is 705 Å². The average Bonchev–Trinajstić information content (AvgIpc) is 0.832. The minimum atomic E-state index is -1.74. The Bertz CT molecular complexity index is 2540. The van der Waals surface area contributed by atoms with Gasteiger partial charge in [-0.05, 0) is 89.9 Å². The molecule has 0 rings (SSSR count). The maximum atomic E-state index is 13.7. The van der Waals surface area contributed by atoms with Crippen LogP contribution in [0.3, 0.4) is 0 Å². The maximum Gasteiger partial charge on any atom is 0.305 e. The topological polar surface area (TPSA) is 414 Å². The summed E-state index contributed by atoms with van der Waals surface area (Å²) in [5, 5.41) is 0. The largest absolute Gasteiger partial charge is 0.465 e. The zero-order valence-corrected chi connectivity index (χ0v) is 74.2. The number of hydrogen-bond donors (Lipinski definition) is 0. The van der Waals surface area contributed by atoms with Crippen molar-refractivity contribution in [1.82, 2.24) is 0 Å². The standard InChI is InChI=1S/C86H146O33/c1-15-29-67(87)106-53-81(54-107-68(88)30-16-2,45-102-47-83(57-110-71(91)33-19-5,58-111-72(92)34-20-6)49-104-51-85(61-114-75(95)37-23-9,62-115-76(96)38-24-10)63-116-77(97)39-25-11)43-101-44-82(55-108-69(89)31-17-3,56-109-70(90)32-18-4)46-103-48-84(59-112-73(93)35-21-7,60-113-74(94)36-22-8)50-105-52-86(64-117-78(98)40-26-12,65-118-79(99)41-27-13)66-119-80(100)42-28-14/h15-66H2,1-14H3. The molecular formula is C86H146O33. The van der Waals surface area contributed by atoms with Gasteiger partial charge in [-0.15, -0.1) is 0 Å². The maximum absolute atomic E-state index is 13.7. The zero-order valence-electron chi connectivity index (χ0n) is 74.2. The second kappa shape index (κ2) is 66.1. The Hall–Kier alpha value is -7.62. The van der Waals surface area contributed by atoms with Crippen molar-refractivity contribution < 1.29 is 157 Å². The molecule has 0 atom stereocenters. The summed E-state index contributed by atoms with van der Waals surface area (Å²) < 4.78 is 116. The van der Waals surface area contributed by atoms with E-state index in [0.717, 1.165) is 0 Å². The molecule has 0 N–H and O–H groups in total. The fourth-order valence-corrected chi connectivity index (χ4v) is 11.1.